The normalized spacial score (nSPS) is 10.5. The van der Waals surface area contributed by atoms with Gasteiger partial charge in [0.15, 0.2) is 0 Å². The van der Waals surface area contributed by atoms with Crippen LogP contribution in [0.5, 0.6) is 0 Å². The lowest BCUT2D eigenvalue weighted by atomic mass is 10.4. The second kappa shape index (κ2) is 6.14. The molecule has 0 unspecified atom stereocenters. The molecule has 0 saturated heterocycles. The van der Waals surface area contributed by atoms with E-state index in [1.54, 1.807) is 13.3 Å². The number of hydrogen-bond donors (Lipinski definition) is 0. The maximum Gasteiger partial charge on any atom is 0.223 e. The fourth-order valence-electron chi connectivity index (χ4n) is 0.787. The predicted molar refractivity (Wildman–Crippen MR) is 53.6 cm³/mol. The molecule has 0 atom stereocenters. The Balaban J connectivity index is 2.42. The molecule has 0 radical (unpaired) electrons. The highest BCUT2D eigenvalue weighted by atomic mass is 35.5. The third-order valence-corrected chi connectivity index (χ3v) is 1.98. The summed E-state index contributed by atoms with van der Waals surface area (Å²) in [6.07, 6.45) is 1.55. The number of rotatable bonds is 5. The summed E-state index contributed by atoms with van der Waals surface area (Å²) in [5, 5.41) is 0.457. The molecule has 0 fully saturated rings. The molecule has 6 heteroatoms. The molecular weight excluding hydrogens is 227 g/mol. The number of ether oxygens (including phenoxy) is 2. The molecule has 0 spiro atoms. The Morgan fingerprint density at radius 3 is 2.79 bits per heavy atom. The van der Waals surface area contributed by atoms with Gasteiger partial charge in [-0.1, -0.05) is 11.6 Å². The fourth-order valence-corrected chi connectivity index (χ4v) is 1.15. The van der Waals surface area contributed by atoms with Crippen molar-refractivity contribution in [1.82, 2.24) is 9.97 Å². The Hall–Kier alpha value is -0.420. The van der Waals surface area contributed by atoms with E-state index in [9.17, 15) is 0 Å². The molecule has 1 aromatic rings. The number of hydrogen-bond acceptors (Lipinski definition) is 4. The maximum absolute atomic E-state index is 5.80. The molecule has 0 aliphatic heterocycles. The summed E-state index contributed by atoms with van der Waals surface area (Å²) in [4.78, 5) is 7.58. The van der Waals surface area contributed by atoms with Crippen molar-refractivity contribution in [3.8, 4) is 0 Å². The quantitative estimate of drug-likeness (QED) is 0.446. The second-order valence-electron chi connectivity index (χ2n) is 2.50. The third-order valence-electron chi connectivity index (χ3n) is 1.47. The summed E-state index contributed by atoms with van der Waals surface area (Å²) in [6.45, 7) is 1.42. The molecule has 0 bridgehead atoms. The lowest BCUT2D eigenvalue weighted by molar-refractivity contribution is 0.0614. The molecular formula is C8H10Cl2N2O2. The first-order valence-corrected chi connectivity index (χ1v) is 4.73. The van der Waals surface area contributed by atoms with Gasteiger partial charge in [0.05, 0.1) is 19.8 Å². The molecule has 0 saturated carbocycles. The summed E-state index contributed by atoms with van der Waals surface area (Å²) < 4.78 is 10.1. The van der Waals surface area contributed by atoms with Gasteiger partial charge in [-0.05, 0) is 11.6 Å². The Morgan fingerprint density at radius 1 is 1.36 bits per heavy atom. The van der Waals surface area contributed by atoms with Crippen LogP contribution in [0, 0.1) is 0 Å². The van der Waals surface area contributed by atoms with Crippen LogP contribution < -0.4 is 0 Å². The first-order chi connectivity index (χ1) is 6.74. The van der Waals surface area contributed by atoms with Crippen LogP contribution in [0.4, 0.5) is 0 Å². The van der Waals surface area contributed by atoms with Gasteiger partial charge in [-0.15, -0.1) is 0 Å². The zero-order valence-corrected chi connectivity index (χ0v) is 9.18. The summed E-state index contributed by atoms with van der Waals surface area (Å²) in [5.74, 6) is 0. The second-order valence-corrected chi connectivity index (χ2v) is 3.20. The van der Waals surface area contributed by atoms with Crippen LogP contribution in [-0.4, -0.2) is 30.3 Å². The molecule has 4 nitrogen and oxygen atoms in total. The van der Waals surface area contributed by atoms with Crippen LogP contribution >= 0.6 is 23.2 Å². The number of nitrogens with zero attached hydrogens (tertiary/aromatic N) is 2. The first-order valence-electron chi connectivity index (χ1n) is 3.97. The van der Waals surface area contributed by atoms with E-state index >= 15 is 0 Å². The van der Waals surface area contributed by atoms with Crippen molar-refractivity contribution in [1.29, 1.82) is 0 Å². The van der Waals surface area contributed by atoms with Crippen molar-refractivity contribution in [2.24, 2.45) is 0 Å². The van der Waals surface area contributed by atoms with Crippen molar-refractivity contribution in [2.45, 2.75) is 6.61 Å². The lowest BCUT2D eigenvalue weighted by Crippen LogP contribution is -2.03. The molecule has 0 aliphatic rings. The molecule has 1 rings (SSSR count). The van der Waals surface area contributed by atoms with Crippen molar-refractivity contribution < 1.29 is 9.47 Å². The van der Waals surface area contributed by atoms with E-state index < -0.39 is 0 Å². The summed E-state index contributed by atoms with van der Waals surface area (Å²) in [5.41, 5.74) is 0.715. The van der Waals surface area contributed by atoms with Crippen LogP contribution in [0.25, 0.3) is 0 Å². The average Bonchev–Trinajstić information content (AvgIpc) is 2.15. The predicted octanol–water partition coefficient (Wildman–Crippen LogP) is 1.95. The molecule has 1 heterocycles. The Bertz CT molecular complexity index is 297. The van der Waals surface area contributed by atoms with Crippen LogP contribution in [-0.2, 0) is 16.1 Å². The number of methoxy groups -OCH3 is 1. The SMILES string of the molecule is COCCOCc1cnc(Cl)nc1Cl. The van der Waals surface area contributed by atoms with Crippen molar-refractivity contribution in [2.75, 3.05) is 20.3 Å². The topological polar surface area (TPSA) is 44.2 Å². The summed E-state index contributed by atoms with van der Waals surface area (Å²) >= 11 is 11.3. The minimum Gasteiger partial charge on any atom is -0.382 e. The zero-order valence-electron chi connectivity index (χ0n) is 7.67. The highest BCUT2D eigenvalue weighted by molar-refractivity contribution is 6.32. The Labute approximate surface area is 92.2 Å². The molecule has 1 aromatic heterocycles. The monoisotopic (exact) mass is 236 g/mol. The van der Waals surface area contributed by atoms with E-state index in [4.69, 9.17) is 32.7 Å². The molecule has 0 aliphatic carbocycles. The van der Waals surface area contributed by atoms with E-state index in [0.29, 0.717) is 30.5 Å². The van der Waals surface area contributed by atoms with Gasteiger partial charge >= 0.3 is 0 Å². The smallest absolute Gasteiger partial charge is 0.223 e. The molecule has 78 valence electrons. The first kappa shape index (κ1) is 11.7. The van der Waals surface area contributed by atoms with E-state index in [1.165, 1.54) is 0 Å². The van der Waals surface area contributed by atoms with E-state index in [1.807, 2.05) is 0 Å². The fraction of sp³-hybridized carbons (Fsp3) is 0.500. The van der Waals surface area contributed by atoms with Crippen LogP contribution in [0.15, 0.2) is 6.20 Å². The van der Waals surface area contributed by atoms with Gasteiger partial charge in [-0.25, -0.2) is 9.97 Å². The van der Waals surface area contributed by atoms with Gasteiger partial charge in [-0.2, -0.15) is 0 Å². The van der Waals surface area contributed by atoms with Crippen molar-refractivity contribution >= 4 is 23.2 Å². The van der Waals surface area contributed by atoms with Gasteiger partial charge in [0.1, 0.15) is 5.15 Å². The molecule has 0 N–H and O–H groups in total. The molecule has 0 aromatic carbocycles. The largest absolute Gasteiger partial charge is 0.382 e. The van der Waals surface area contributed by atoms with Crippen molar-refractivity contribution in [3.05, 3.63) is 22.2 Å². The Kier molecular flexibility index (Phi) is 5.11. The van der Waals surface area contributed by atoms with Gasteiger partial charge in [0.2, 0.25) is 5.28 Å². The van der Waals surface area contributed by atoms with Gasteiger partial charge in [-0.3, -0.25) is 0 Å². The highest BCUT2D eigenvalue weighted by Gasteiger charge is 2.03. The van der Waals surface area contributed by atoms with Crippen molar-refractivity contribution in [3.63, 3.8) is 0 Å². The maximum atomic E-state index is 5.80. The Morgan fingerprint density at radius 2 is 2.14 bits per heavy atom. The van der Waals surface area contributed by atoms with Gasteiger partial charge in [0.25, 0.3) is 0 Å². The van der Waals surface area contributed by atoms with Crippen LogP contribution in [0.3, 0.4) is 0 Å². The average molecular weight is 237 g/mol. The van der Waals surface area contributed by atoms with Gasteiger partial charge in [0, 0.05) is 18.9 Å². The van der Waals surface area contributed by atoms with E-state index in [2.05, 4.69) is 9.97 Å². The number of halogens is 2. The lowest BCUT2D eigenvalue weighted by Gasteiger charge is -2.04. The van der Waals surface area contributed by atoms with E-state index in [0.717, 1.165) is 0 Å². The molecule has 14 heavy (non-hydrogen) atoms. The minimum absolute atomic E-state index is 0.135. The van der Waals surface area contributed by atoms with Crippen LogP contribution in [0.2, 0.25) is 10.4 Å². The molecule has 0 amide bonds. The summed E-state index contributed by atoms with van der Waals surface area (Å²) in [7, 11) is 1.61. The zero-order chi connectivity index (χ0) is 10.4. The number of aromatic nitrogens is 2. The summed E-state index contributed by atoms with van der Waals surface area (Å²) in [6, 6.07) is 0. The highest BCUT2D eigenvalue weighted by Crippen LogP contribution is 2.14. The van der Waals surface area contributed by atoms with Gasteiger partial charge < -0.3 is 9.47 Å². The van der Waals surface area contributed by atoms with Crippen LogP contribution in [0.1, 0.15) is 5.56 Å². The third kappa shape index (κ3) is 3.75. The van der Waals surface area contributed by atoms with E-state index in [-0.39, 0.29) is 5.28 Å². The standard InChI is InChI=1S/C8H10Cl2N2O2/c1-13-2-3-14-5-6-4-11-8(10)12-7(6)9/h4H,2-3,5H2,1H3. The minimum atomic E-state index is 0.135.